The highest BCUT2D eigenvalue weighted by atomic mass is 19.4. The van der Waals surface area contributed by atoms with Crippen LogP contribution in [0.1, 0.15) is 19.4 Å². The van der Waals surface area contributed by atoms with E-state index in [-0.39, 0.29) is 11.7 Å². The minimum absolute atomic E-state index is 0.193. The molecule has 0 spiro atoms. The zero-order valence-electron chi connectivity index (χ0n) is 19.2. The number of rotatable bonds is 6. The molecule has 1 amide bonds. The Labute approximate surface area is 203 Å². The van der Waals surface area contributed by atoms with Crippen LogP contribution >= 0.6 is 0 Å². The molecule has 36 heavy (non-hydrogen) atoms. The van der Waals surface area contributed by atoms with Crippen molar-refractivity contribution in [2.75, 3.05) is 5.32 Å². The van der Waals surface area contributed by atoms with Crippen LogP contribution in [0.4, 0.5) is 23.7 Å². The molecule has 0 aliphatic rings. The van der Waals surface area contributed by atoms with Crippen LogP contribution in [-0.4, -0.2) is 32.9 Å². The van der Waals surface area contributed by atoms with Gasteiger partial charge >= 0.3 is 18.3 Å². The summed E-state index contributed by atoms with van der Waals surface area (Å²) >= 11 is 0. The number of anilines is 1. The zero-order valence-corrected chi connectivity index (χ0v) is 19.2. The number of carbonyl (C=O) groups excluding carboxylic acids is 1. The Morgan fingerprint density at radius 2 is 1.86 bits per heavy atom. The number of benzene rings is 2. The van der Waals surface area contributed by atoms with Crippen molar-refractivity contribution >= 4 is 22.7 Å². The van der Waals surface area contributed by atoms with Crippen LogP contribution in [0.5, 0.6) is 11.8 Å². The normalized spacial score (nSPS) is 12.1. The standard InChI is InChI=1S/C25H20F3N5O3/c1-3-33-21-13-18(36-23-30-11-4-12-31-23)9-10-19(21)20(14-29)22(33)16-5-7-17(8-6-16)32-24(34)35-15(2)25(26,27)28/h4-13,15H,3H2,1-2H3,(H,32,34)/t15-/m1/s1. The lowest BCUT2D eigenvalue weighted by Crippen LogP contribution is -2.32. The van der Waals surface area contributed by atoms with Crippen molar-refractivity contribution in [3.8, 4) is 29.1 Å². The summed E-state index contributed by atoms with van der Waals surface area (Å²) in [5.74, 6) is 0.503. The van der Waals surface area contributed by atoms with Gasteiger partial charge in [-0.3, -0.25) is 5.32 Å². The fraction of sp³-hybridized carbons (Fsp3) is 0.200. The van der Waals surface area contributed by atoms with Gasteiger partial charge in [-0.25, -0.2) is 14.8 Å². The van der Waals surface area contributed by atoms with Gasteiger partial charge in [0.1, 0.15) is 11.8 Å². The Hall–Kier alpha value is -4.59. The molecule has 1 N–H and O–H groups in total. The number of halogens is 3. The number of nitrogens with one attached hydrogen (secondary N) is 1. The zero-order chi connectivity index (χ0) is 25.9. The van der Waals surface area contributed by atoms with Gasteiger partial charge in [-0.1, -0.05) is 12.1 Å². The third kappa shape index (κ3) is 5.07. The lowest BCUT2D eigenvalue weighted by molar-refractivity contribution is -0.196. The van der Waals surface area contributed by atoms with Crippen molar-refractivity contribution in [2.24, 2.45) is 0 Å². The predicted octanol–water partition coefficient (Wildman–Crippen LogP) is 6.28. The van der Waals surface area contributed by atoms with Crippen molar-refractivity contribution in [3.63, 3.8) is 0 Å². The highest BCUT2D eigenvalue weighted by molar-refractivity contribution is 5.95. The van der Waals surface area contributed by atoms with E-state index in [1.165, 1.54) is 12.1 Å². The molecule has 4 aromatic rings. The molecule has 2 aromatic carbocycles. The molecule has 0 unspecified atom stereocenters. The van der Waals surface area contributed by atoms with E-state index < -0.39 is 18.4 Å². The van der Waals surface area contributed by atoms with Crippen molar-refractivity contribution < 1.29 is 27.4 Å². The average molecular weight is 495 g/mol. The third-order valence-corrected chi connectivity index (χ3v) is 5.36. The molecule has 4 rings (SSSR count). The SMILES string of the molecule is CCn1c(-c2ccc(NC(=O)O[C@H](C)C(F)(F)F)cc2)c(C#N)c2ccc(Oc3ncccn3)cc21. The van der Waals surface area contributed by atoms with E-state index in [0.29, 0.717) is 29.1 Å². The first kappa shape index (κ1) is 24.5. The summed E-state index contributed by atoms with van der Waals surface area (Å²) in [6, 6.07) is 15.8. The summed E-state index contributed by atoms with van der Waals surface area (Å²) in [4.78, 5) is 19.9. The van der Waals surface area contributed by atoms with Gasteiger partial charge in [0, 0.05) is 36.1 Å². The number of alkyl halides is 3. The first-order valence-corrected chi connectivity index (χ1v) is 10.9. The predicted molar refractivity (Wildman–Crippen MR) is 125 cm³/mol. The summed E-state index contributed by atoms with van der Waals surface area (Å²) in [7, 11) is 0. The summed E-state index contributed by atoms with van der Waals surface area (Å²) in [5.41, 5.74) is 2.80. The summed E-state index contributed by atoms with van der Waals surface area (Å²) in [6.45, 7) is 3.23. The maximum atomic E-state index is 12.6. The van der Waals surface area contributed by atoms with Crippen LogP contribution in [0, 0.1) is 11.3 Å². The molecule has 0 saturated heterocycles. The molecule has 11 heteroatoms. The summed E-state index contributed by atoms with van der Waals surface area (Å²) < 4.78 is 49.9. The van der Waals surface area contributed by atoms with Crippen molar-refractivity contribution in [1.82, 2.24) is 14.5 Å². The first-order chi connectivity index (χ1) is 17.2. The van der Waals surface area contributed by atoms with E-state index in [1.807, 2.05) is 11.5 Å². The van der Waals surface area contributed by atoms with E-state index in [2.05, 4.69) is 26.1 Å². The van der Waals surface area contributed by atoms with Gasteiger partial charge in [-0.15, -0.1) is 0 Å². The van der Waals surface area contributed by atoms with Crippen LogP contribution in [0.25, 0.3) is 22.2 Å². The average Bonchev–Trinajstić information content (AvgIpc) is 3.17. The number of carbonyl (C=O) groups is 1. The maximum Gasteiger partial charge on any atom is 0.425 e. The first-order valence-electron chi connectivity index (χ1n) is 10.9. The van der Waals surface area contributed by atoms with Crippen LogP contribution in [-0.2, 0) is 11.3 Å². The van der Waals surface area contributed by atoms with Crippen LogP contribution in [0.2, 0.25) is 0 Å². The van der Waals surface area contributed by atoms with Gasteiger partial charge in [0.05, 0.1) is 16.8 Å². The van der Waals surface area contributed by atoms with Gasteiger partial charge in [-0.05, 0) is 49.7 Å². The molecule has 184 valence electrons. The molecule has 0 fully saturated rings. The maximum absolute atomic E-state index is 12.6. The number of aromatic nitrogens is 3. The van der Waals surface area contributed by atoms with Crippen molar-refractivity contribution in [2.45, 2.75) is 32.7 Å². The Balaban J connectivity index is 1.63. The number of hydrogen-bond acceptors (Lipinski definition) is 6. The minimum Gasteiger partial charge on any atom is -0.437 e. The minimum atomic E-state index is -4.65. The Morgan fingerprint density at radius 1 is 1.17 bits per heavy atom. The fourth-order valence-corrected chi connectivity index (χ4v) is 3.66. The lowest BCUT2D eigenvalue weighted by Gasteiger charge is -2.16. The molecule has 0 radical (unpaired) electrons. The summed E-state index contributed by atoms with van der Waals surface area (Å²) in [5, 5.41) is 12.9. The van der Waals surface area contributed by atoms with E-state index in [1.54, 1.807) is 48.8 Å². The van der Waals surface area contributed by atoms with Gasteiger partial charge in [-0.2, -0.15) is 18.4 Å². The second kappa shape index (κ2) is 9.95. The van der Waals surface area contributed by atoms with Crippen LogP contribution in [0.3, 0.4) is 0 Å². The van der Waals surface area contributed by atoms with Gasteiger partial charge in [0.25, 0.3) is 0 Å². The summed E-state index contributed by atoms with van der Waals surface area (Å²) in [6.07, 6.45) is -4.98. The van der Waals surface area contributed by atoms with Crippen molar-refractivity contribution in [3.05, 3.63) is 66.5 Å². The fourth-order valence-electron chi connectivity index (χ4n) is 3.66. The second-order valence-corrected chi connectivity index (χ2v) is 7.68. The number of nitriles is 1. The number of hydrogen-bond donors (Lipinski definition) is 1. The third-order valence-electron chi connectivity index (χ3n) is 5.36. The molecule has 1 atom stereocenters. The molecule has 0 saturated carbocycles. The number of ether oxygens (including phenoxy) is 2. The highest BCUT2D eigenvalue weighted by Gasteiger charge is 2.39. The van der Waals surface area contributed by atoms with Crippen molar-refractivity contribution in [1.29, 1.82) is 5.26 Å². The van der Waals surface area contributed by atoms with Gasteiger partial charge in [0.2, 0.25) is 0 Å². The number of nitrogens with zero attached hydrogens (tertiary/aromatic N) is 4. The van der Waals surface area contributed by atoms with Crippen LogP contribution in [0.15, 0.2) is 60.9 Å². The largest absolute Gasteiger partial charge is 0.437 e. The Morgan fingerprint density at radius 3 is 2.47 bits per heavy atom. The van der Waals surface area contributed by atoms with E-state index in [0.717, 1.165) is 17.8 Å². The van der Waals surface area contributed by atoms with E-state index in [9.17, 15) is 23.2 Å². The molecule has 2 heterocycles. The monoisotopic (exact) mass is 495 g/mol. The van der Waals surface area contributed by atoms with E-state index in [4.69, 9.17) is 4.74 Å². The number of fused-ring (bicyclic) bond motifs is 1. The lowest BCUT2D eigenvalue weighted by atomic mass is 10.1. The van der Waals surface area contributed by atoms with Gasteiger partial charge in [0.15, 0.2) is 6.10 Å². The second-order valence-electron chi connectivity index (χ2n) is 7.68. The Kier molecular flexibility index (Phi) is 6.78. The molecule has 0 bridgehead atoms. The molecule has 8 nitrogen and oxygen atoms in total. The topological polar surface area (TPSA) is 102 Å². The molecular weight excluding hydrogens is 475 g/mol. The smallest absolute Gasteiger partial charge is 0.425 e. The van der Waals surface area contributed by atoms with Gasteiger partial charge < -0.3 is 14.0 Å². The number of aryl methyl sites for hydroxylation is 1. The number of amides is 1. The molecule has 2 aromatic heterocycles. The molecule has 0 aliphatic heterocycles. The Bertz CT molecular complexity index is 1430. The van der Waals surface area contributed by atoms with Crippen LogP contribution < -0.4 is 10.1 Å². The highest BCUT2D eigenvalue weighted by Crippen LogP contribution is 2.36. The molecule has 0 aliphatic carbocycles. The quantitative estimate of drug-likeness (QED) is 0.338. The molecular formula is C25H20F3N5O3. The van der Waals surface area contributed by atoms with E-state index >= 15 is 0 Å².